The fourth-order valence-corrected chi connectivity index (χ4v) is 4.72. The topological polar surface area (TPSA) is 40.5 Å². The molecule has 2 heteroatoms. The van der Waals surface area contributed by atoms with E-state index < -0.39 is 5.60 Å². The number of aliphatic hydroxyl groups excluding tert-OH is 1. The second kappa shape index (κ2) is 2.67. The highest BCUT2D eigenvalue weighted by molar-refractivity contribution is 5.29. The molecule has 5 atom stereocenters. The van der Waals surface area contributed by atoms with E-state index in [1.54, 1.807) is 0 Å². The van der Waals surface area contributed by atoms with Crippen molar-refractivity contribution in [1.29, 1.82) is 0 Å². The van der Waals surface area contributed by atoms with Crippen molar-refractivity contribution < 1.29 is 10.2 Å². The van der Waals surface area contributed by atoms with Crippen molar-refractivity contribution in [3.8, 4) is 0 Å². The molecule has 3 saturated carbocycles. The Morgan fingerprint density at radius 3 is 2.73 bits per heavy atom. The molecule has 2 bridgehead atoms. The molecule has 3 rings (SSSR count). The van der Waals surface area contributed by atoms with E-state index in [1.165, 1.54) is 0 Å². The zero-order valence-corrected chi connectivity index (χ0v) is 9.37. The second-order valence-corrected chi connectivity index (χ2v) is 5.89. The predicted octanol–water partition coefficient (Wildman–Crippen LogP) is 1.86. The Labute approximate surface area is 91.0 Å². The van der Waals surface area contributed by atoms with Crippen molar-refractivity contribution in [3.63, 3.8) is 0 Å². The highest BCUT2D eigenvalue weighted by atomic mass is 16.3. The maximum Gasteiger partial charge on any atom is 0.0818 e. The largest absolute Gasteiger partial charge is 0.392 e. The highest BCUT2D eigenvalue weighted by Gasteiger charge is 2.70. The van der Waals surface area contributed by atoms with Crippen LogP contribution >= 0.6 is 0 Å². The van der Waals surface area contributed by atoms with Gasteiger partial charge in [0.2, 0.25) is 0 Å². The van der Waals surface area contributed by atoms with Gasteiger partial charge in [0.25, 0.3) is 0 Å². The van der Waals surface area contributed by atoms with E-state index >= 15 is 0 Å². The van der Waals surface area contributed by atoms with Crippen molar-refractivity contribution in [3.05, 3.63) is 12.2 Å². The van der Waals surface area contributed by atoms with E-state index in [4.69, 9.17) is 0 Å². The van der Waals surface area contributed by atoms with Crippen LogP contribution in [0.15, 0.2) is 12.2 Å². The normalized spacial score (nSPS) is 58.3. The van der Waals surface area contributed by atoms with Gasteiger partial charge in [-0.15, -0.1) is 0 Å². The number of aliphatic hydroxyl groups is 2. The molecule has 3 aliphatic rings. The van der Waals surface area contributed by atoms with Crippen LogP contribution in [0.1, 0.15) is 39.0 Å². The monoisotopic (exact) mass is 208 g/mol. The van der Waals surface area contributed by atoms with Gasteiger partial charge in [0.15, 0.2) is 0 Å². The van der Waals surface area contributed by atoms with Gasteiger partial charge in [-0.05, 0) is 38.0 Å². The van der Waals surface area contributed by atoms with Gasteiger partial charge in [-0.3, -0.25) is 0 Å². The zero-order chi connectivity index (χ0) is 10.8. The summed E-state index contributed by atoms with van der Waals surface area (Å²) in [5, 5.41) is 21.3. The molecule has 3 fully saturated rings. The third-order valence-corrected chi connectivity index (χ3v) is 5.57. The fourth-order valence-electron chi connectivity index (χ4n) is 4.72. The zero-order valence-electron chi connectivity index (χ0n) is 9.37. The standard InChI is InChI=1S/C13H20O2/c1-8-7-11(14)12-5-3-9(2)13(12,15)10(8)4-6-12/h9-11,14-15H,1,3-7H2,2H3/t9-,10+,11-,12-,13-/m1/s1. The molecule has 2 nitrogen and oxygen atoms in total. The van der Waals surface area contributed by atoms with Crippen LogP contribution in [-0.4, -0.2) is 21.9 Å². The summed E-state index contributed by atoms with van der Waals surface area (Å²) in [4.78, 5) is 0. The van der Waals surface area contributed by atoms with Crippen LogP contribution in [0.25, 0.3) is 0 Å². The average Bonchev–Trinajstić information content (AvgIpc) is 2.56. The van der Waals surface area contributed by atoms with Crippen LogP contribution in [0, 0.1) is 17.3 Å². The Morgan fingerprint density at radius 2 is 2.00 bits per heavy atom. The lowest BCUT2D eigenvalue weighted by molar-refractivity contribution is -0.152. The first-order valence-electron chi connectivity index (χ1n) is 6.10. The van der Waals surface area contributed by atoms with Crippen molar-refractivity contribution in [2.75, 3.05) is 0 Å². The van der Waals surface area contributed by atoms with Crippen molar-refractivity contribution in [2.24, 2.45) is 17.3 Å². The Morgan fingerprint density at radius 1 is 1.33 bits per heavy atom. The summed E-state index contributed by atoms with van der Waals surface area (Å²) in [5.41, 5.74) is 0.229. The number of hydrogen-bond donors (Lipinski definition) is 2. The highest BCUT2D eigenvalue weighted by Crippen LogP contribution is 2.68. The van der Waals surface area contributed by atoms with Crippen LogP contribution in [0.4, 0.5) is 0 Å². The van der Waals surface area contributed by atoms with Crippen molar-refractivity contribution >= 4 is 0 Å². The molecule has 0 unspecified atom stereocenters. The Balaban J connectivity index is 2.15. The molecule has 2 N–H and O–H groups in total. The van der Waals surface area contributed by atoms with Crippen LogP contribution in [0.5, 0.6) is 0 Å². The summed E-state index contributed by atoms with van der Waals surface area (Å²) in [7, 11) is 0. The molecular formula is C13H20O2. The molecule has 0 aromatic heterocycles. The molecule has 3 aliphatic carbocycles. The summed E-state index contributed by atoms with van der Waals surface area (Å²) in [6, 6.07) is 0. The molecule has 0 amide bonds. The first-order chi connectivity index (χ1) is 7.02. The molecule has 0 saturated heterocycles. The lowest BCUT2D eigenvalue weighted by Crippen LogP contribution is -2.57. The SMILES string of the molecule is C=C1C[C@@H](O)[C@]23CC[C@@H](C)[C@@]2(O)[C@H]1CC3. The van der Waals surface area contributed by atoms with Crippen LogP contribution in [0.2, 0.25) is 0 Å². The van der Waals surface area contributed by atoms with Gasteiger partial charge in [0.05, 0.1) is 11.7 Å². The van der Waals surface area contributed by atoms with Crippen LogP contribution < -0.4 is 0 Å². The second-order valence-electron chi connectivity index (χ2n) is 5.89. The molecule has 0 aliphatic heterocycles. The maximum atomic E-state index is 11.0. The van der Waals surface area contributed by atoms with Gasteiger partial charge >= 0.3 is 0 Å². The summed E-state index contributed by atoms with van der Waals surface area (Å²) in [6.45, 7) is 6.19. The first-order valence-corrected chi connectivity index (χ1v) is 6.10. The van der Waals surface area contributed by atoms with Gasteiger partial charge in [-0.1, -0.05) is 19.1 Å². The Hall–Kier alpha value is -0.340. The quantitative estimate of drug-likeness (QED) is 0.597. The average molecular weight is 208 g/mol. The van der Waals surface area contributed by atoms with Gasteiger partial charge in [0, 0.05) is 11.3 Å². The summed E-state index contributed by atoms with van der Waals surface area (Å²) in [6.07, 6.45) is 4.40. The molecular weight excluding hydrogens is 188 g/mol. The molecule has 15 heavy (non-hydrogen) atoms. The summed E-state index contributed by atoms with van der Waals surface area (Å²) in [5.74, 6) is 0.565. The lowest BCUT2D eigenvalue weighted by atomic mass is 9.61. The summed E-state index contributed by atoms with van der Waals surface area (Å²) >= 11 is 0. The lowest BCUT2D eigenvalue weighted by Gasteiger charge is -2.49. The minimum atomic E-state index is -0.651. The predicted molar refractivity (Wildman–Crippen MR) is 58.3 cm³/mol. The minimum Gasteiger partial charge on any atom is -0.392 e. The fraction of sp³-hybridized carbons (Fsp3) is 0.846. The molecule has 0 radical (unpaired) electrons. The van der Waals surface area contributed by atoms with Crippen molar-refractivity contribution in [1.82, 2.24) is 0 Å². The van der Waals surface area contributed by atoms with E-state index in [-0.39, 0.29) is 17.4 Å². The number of hydrogen-bond acceptors (Lipinski definition) is 2. The van der Waals surface area contributed by atoms with Crippen molar-refractivity contribution in [2.45, 2.75) is 50.7 Å². The van der Waals surface area contributed by atoms with Crippen LogP contribution in [0.3, 0.4) is 0 Å². The number of rotatable bonds is 0. The van der Waals surface area contributed by atoms with E-state index in [9.17, 15) is 10.2 Å². The molecule has 0 aromatic rings. The third kappa shape index (κ3) is 0.853. The van der Waals surface area contributed by atoms with Gasteiger partial charge < -0.3 is 10.2 Å². The molecule has 0 spiro atoms. The van der Waals surface area contributed by atoms with Gasteiger partial charge in [-0.25, -0.2) is 0 Å². The molecule has 0 heterocycles. The minimum absolute atomic E-state index is 0.196. The Kier molecular flexibility index (Phi) is 1.75. The van der Waals surface area contributed by atoms with Gasteiger partial charge in [-0.2, -0.15) is 0 Å². The van der Waals surface area contributed by atoms with E-state index in [2.05, 4.69) is 13.5 Å². The molecule has 0 aromatic carbocycles. The summed E-state index contributed by atoms with van der Waals surface area (Å²) < 4.78 is 0. The first kappa shape index (κ1) is 9.86. The maximum absolute atomic E-state index is 11.0. The van der Waals surface area contributed by atoms with E-state index in [1.807, 2.05) is 0 Å². The Bertz CT molecular complexity index is 324. The smallest absolute Gasteiger partial charge is 0.0818 e. The van der Waals surface area contributed by atoms with E-state index in [0.29, 0.717) is 12.3 Å². The van der Waals surface area contributed by atoms with E-state index in [0.717, 1.165) is 31.3 Å². The van der Waals surface area contributed by atoms with Crippen LogP contribution in [-0.2, 0) is 0 Å². The molecule has 84 valence electrons. The third-order valence-electron chi connectivity index (χ3n) is 5.57. The van der Waals surface area contributed by atoms with Gasteiger partial charge in [0.1, 0.15) is 0 Å².